The monoisotopic (exact) mass is 286 g/mol. The highest BCUT2D eigenvalue weighted by molar-refractivity contribution is 5.97. The normalized spacial score (nSPS) is 11.6. The smallest absolute Gasteiger partial charge is 0.268 e. The highest BCUT2D eigenvalue weighted by Gasteiger charge is 2.20. The SMILES string of the molecule is CCOc1cc(C(=O)NC(CO)C(=O)NO)ccc1F. The van der Waals surface area contributed by atoms with Crippen molar-refractivity contribution in [3.63, 3.8) is 0 Å². The van der Waals surface area contributed by atoms with E-state index < -0.39 is 30.3 Å². The van der Waals surface area contributed by atoms with Crippen LogP contribution < -0.4 is 15.5 Å². The third-order valence-electron chi connectivity index (χ3n) is 2.41. The van der Waals surface area contributed by atoms with Gasteiger partial charge in [-0.1, -0.05) is 0 Å². The van der Waals surface area contributed by atoms with E-state index in [9.17, 15) is 14.0 Å². The van der Waals surface area contributed by atoms with Gasteiger partial charge in [0.2, 0.25) is 0 Å². The van der Waals surface area contributed by atoms with Crippen molar-refractivity contribution in [3.8, 4) is 5.75 Å². The fourth-order valence-corrected chi connectivity index (χ4v) is 1.42. The number of ether oxygens (including phenoxy) is 1. The van der Waals surface area contributed by atoms with Crippen molar-refractivity contribution < 1.29 is 29.0 Å². The van der Waals surface area contributed by atoms with E-state index in [-0.39, 0.29) is 17.9 Å². The van der Waals surface area contributed by atoms with Gasteiger partial charge >= 0.3 is 0 Å². The second-order valence-corrected chi connectivity index (χ2v) is 3.76. The molecule has 0 spiro atoms. The van der Waals surface area contributed by atoms with Gasteiger partial charge in [-0.3, -0.25) is 14.8 Å². The zero-order valence-corrected chi connectivity index (χ0v) is 10.7. The number of amides is 2. The molecule has 1 unspecified atom stereocenters. The second kappa shape index (κ2) is 7.41. The van der Waals surface area contributed by atoms with Crippen LogP contribution in [0.15, 0.2) is 18.2 Å². The Labute approximate surface area is 114 Å². The number of benzene rings is 1. The standard InChI is InChI=1S/C12H15FN2O5/c1-2-20-10-5-7(3-4-8(10)13)11(17)14-9(6-16)12(18)15-19/h3-5,9,16,19H,2,6H2,1H3,(H,14,17)(H,15,18). The molecular formula is C12H15FN2O5. The maximum atomic E-state index is 13.3. The van der Waals surface area contributed by atoms with Crippen LogP contribution in [0.3, 0.4) is 0 Å². The molecule has 0 aromatic heterocycles. The fourth-order valence-electron chi connectivity index (χ4n) is 1.42. The average Bonchev–Trinajstić information content (AvgIpc) is 2.46. The van der Waals surface area contributed by atoms with Crippen molar-refractivity contribution in [2.75, 3.05) is 13.2 Å². The predicted molar refractivity (Wildman–Crippen MR) is 65.8 cm³/mol. The summed E-state index contributed by atoms with van der Waals surface area (Å²) in [6.45, 7) is 1.20. The zero-order chi connectivity index (χ0) is 15.1. The molecule has 110 valence electrons. The summed E-state index contributed by atoms with van der Waals surface area (Å²) in [7, 11) is 0. The second-order valence-electron chi connectivity index (χ2n) is 3.76. The van der Waals surface area contributed by atoms with Crippen LogP contribution in [0.2, 0.25) is 0 Å². The largest absolute Gasteiger partial charge is 0.491 e. The van der Waals surface area contributed by atoms with Crippen molar-refractivity contribution in [2.45, 2.75) is 13.0 Å². The molecule has 7 nitrogen and oxygen atoms in total. The summed E-state index contributed by atoms with van der Waals surface area (Å²) >= 11 is 0. The molecule has 0 aliphatic rings. The van der Waals surface area contributed by atoms with Gasteiger partial charge in [0.25, 0.3) is 11.8 Å². The summed E-state index contributed by atoms with van der Waals surface area (Å²) in [6, 6.07) is 2.13. The van der Waals surface area contributed by atoms with Crippen molar-refractivity contribution in [3.05, 3.63) is 29.6 Å². The quantitative estimate of drug-likeness (QED) is 0.428. The van der Waals surface area contributed by atoms with E-state index in [2.05, 4.69) is 5.32 Å². The first kappa shape index (κ1) is 15.9. The molecule has 4 N–H and O–H groups in total. The Hall–Kier alpha value is -2.19. The molecule has 0 aliphatic heterocycles. The van der Waals surface area contributed by atoms with Crippen LogP contribution in [0.25, 0.3) is 0 Å². The van der Waals surface area contributed by atoms with E-state index in [1.54, 1.807) is 6.92 Å². The van der Waals surface area contributed by atoms with Gasteiger partial charge in [-0.05, 0) is 25.1 Å². The Kier molecular flexibility index (Phi) is 5.88. The van der Waals surface area contributed by atoms with Crippen LogP contribution in [0, 0.1) is 5.82 Å². The van der Waals surface area contributed by atoms with Gasteiger partial charge in [-0.2, -0.15) is 0 Å². The Morgan fingerprint density at radius 1 is 1.45 bits per heavy atom. The van der Waals surface area contributed by atoms with Crippen molar-refractivity contribution in [1.82, 2.24) is 10.8 Å². The highest BCUT2D eigenvalue weighted by Crippen LogP contribution is 2.18. The summed E-state index contributed by atoms with van der Waals surface area (Å²) in [5.41, 5.74) is 1.37. The van der Waals surface area contributed by atoms with E-state index in [1.807, 2.05) is 0 Å². The summed E-state index contributed by atoms with van der Waals surface area (Å²) in [5.74, 6) is -2.39. The maximum Gasteiger partial charge on any atom is 0.268 e. The molecule has 8 heteroatoms. The summed E-state index contributed by atoms with van der Waals surface area (Å²) in [4.78, 5) is 23.0. The van der Waals surface area contributed by atoms with Crippen LogP contribution in [0.4, 0.5) is 4.39 Å². The third-order valence-corrected chi connectivity index (χ3v) is 2.41. The molecule has 2 amide bonds. The van der Waals surface area contributed by atoms with Crippen molar-refractivity contribution >= 4 is 11.8 Å². The van der Waals surface area contributed by atoms with Crippen LogP contribution in [0.5, 0.6) is 5.75 Å². The molecule has 20 heavy (non-hydrogen) atoms. The topological polar surface area (TPSA) is 108 Å². The minimum Gasteiger partial charge on any atom is -0.491 e. The molecule has 1 aromatic rings. The van der Waals surface area contributed by atoms with Crippen LogP contribution in [0.1, 0.15) is 17.3 Å². The fraction of sp³-hybridized carbons (Fsp3) is 0.333. The van der Waals surface area contributed by atoms with Gasteiger partial charge in [0.15, 0.2) is 11.6 Å². The number of hydrogen-bond donors (Lipinski definition) is 4. The Morgan fingerprint density at radius 2 is 2.15 bits per heavy atom. The molecule has 1 atom stereocenters. The van der Waals surface area contributed by atoms with Gasteiger partial charge in [0, 0.05) is 5.56 Å². The van der Waals surface area contributed by atoms with E-state index in [1.165, 1.54) is 17.6 Å². The number of carbonyl (C=O) groups excluding carboxylic acids is 2. The number of hydrogen-bond acceptors (Lipinski definition) is 5. The number of nitrogens with one attached hydrogen (secondary N) is 2. The van der Waals surface area contributed by atoms with Gasteiger partial charge in [-0.15, -0.1) is 0 Å². The molecule has 0 saturated heterocycles. The average molecular weight is 286 g/mol. The van der Waals surface area contributed by atoms with Crippen molar-refractivity contribution in [2.24, 2.45) is 0 Å². The molecule has 0 aliphatic carbocycles. The van der Waals surface area contributed by atoms with E-state index in [4.69, 9.17) is 15.1 Å². The molecule has 0 saturated carbocycles. The van der Waals surface area contributed by atoms with Gasteiger partial charge < -0.3 is 15.2 Å². The third kappa shape index (κ3) is 3.90. The minimum atomic E-state index is -1.31. The van der Waals surface area contributed by atoms with Gasteiger partial charge in [0.05, 0.1) is 13.2 Å². The first-order valence-corrected chi connectivity index (χ1v) is 5.81. The number of carbonyl (C=O) groups is 2. The highest BCUT2D eigenvalue weighted by atomic mass is 19.1. The first-order chi connectivity index (χ1) is 9.53. The van der Waals surface area contributed by atoms with E-state index >= 15 is 0 Å². The lowest BCUT2D eigenvalue weighted by atomic mass is 10.1. The lowest BCUT2D eigenvalue weighted by molar-refractivity contribution is -0.132. The summed E-state index contributed by atoms with van der Waals surface area (Å²) in [6.07, 6.45) is 0. The number of aliphatic hydroxyl groups excluding tert-OH is 1. The summed E-state index contributed by atoms with van der Waals surface area (Å²) in [5, 5.41) is 19.6. The van der Waals surface area contributed by atoms with E-state index in [0.29, 0.717) is 0 Å². The molecular weight excluding hydrogens is 271 g/mol. The van der Waals surface area contributed by atoms with Gasteiger partial charge in [-0.25, -0.2) is 9.87 Å². The van der Waals surface area contributed by atoms with Crippen LogP contribution in [-0.4, -0.2) is 41.4 Å². The molecule has 0 heterocycles. The Bertz CT molecular complexity index is 495. The molecule has 1 aromatic carbocycles. The molecule has 0 radical (unpaired) electrons. The lowest BCUT2D eigenvalue weighted by Crippen LogP contribution is -2.48. The van der Waals surface area contributed by atoms with Crippen LogP contribution >= 0.6 is 0 Å². The first-order valence-electron chi connectivity index (χ1n) is 5.81. The number of hydroxylamine groups is 1. The number of aliphatic hydroxyl groups is 1. The zero-order valence-electron chi connectivity index (χ0n) is 10.7. The Balaban J connectivity index is 2.86. The number of halogens is 1. The van der Waals surface area contributed by atoms with Crippen molar-refractivity contribution in [1.29, 1.82) is 0 Å². The minimum absolute atomic E-state index is 0.0547. The van der Waals surface area contributed by atoms with Gasteiger partial charge in [0.1, 0.15) is 6.04 Å². The molecule has 1 rings (SSSR count). The van der Waals surface area contributed by atoms with E-state index in [0.717, 1.165) is 6.07 Å². The Morgan fingerprint density at radius 3 is 2.70 bits per heavy atom. The van der Waals surface area contributed by atoms with Crippen LogP contribution in [-0.2, 0) is 4.79 Å². The lowest BCUT2D eigenvalue weighted by Gasteiger charge is -2.14. The summed E-state index contributed by atoms with van der Waals surface area (Å²) < 4.78 is 18.3. The molecule has 0 bridgehead atoms. The predicted octanol–water partition coefficient (Wildman–Crippen LogP) is -0.179. The molecule has 0 fully saturated rings. The maximum absolute atomic E-state index is 13.3. The number of rotatable bonds is 6.